The largest absolute Gasteiger partial charge is 0.396 e. The molecule has 0 aliphatic heterocycles. The third kappa shape index (κ3) is 4.34. The van der Waals surface area contributed by atoms with E-state index in [1.165, 1.54) is 0 Å². The molecule has 11 heavy (non-hydrogen) atoms. The van der Waals surface area contributed by atoms with Crippen molar-refractivity contribution in [3.8, 4) is 0 Å². The van der Waals surface area contributed by atoms with Crippen LogP contribution < -0.4 is 5.14 Å². The highest BCUT2D eigenvalue weighted by atomic mass is 32.2. The molecule has 0 aromatic heterocycles. The first kappa shape index (κ1) is 10.9. The van der Waals surface area contributed by atoms with Crippen molar-refractivity contribution in [3.05, 3.63) is 0 Å². The van der Waals surface area contributed by atoms with Gasteiger partial charge in [-0.1, -0.05) is 13.8 Å². The molecule has 1 unspecified atom stereocenters. The van der Waals surface area contributed by atoms with Crippen LogP contribution in [0.25, 0.3) is 0 Å². The number of aliphatic hydroxyl groups is 1. The van der Waals surface area contributed by atoms with E-state index in [2.05, 4.69) is 0 Å². The molecule has 0 rings (SSSR count). The van der Waals surface area contributed by atoms with Crippen molar-refractivity contribution >= 4 is 10.0 Å². The minimum absolute atomic E-state index is 0.153. The first-order valence-electron chi connectivity index (χ1n) is 3.44. The fraction of sp³-hybridized carbons (Fsp3) is 1.00. The molecule has 3 N–H and O–H groups in total. The minimum atomic E-state index is -3.47. The summed E-state index contributed by atoms with van der Waals surface area (Å²) in [5, 5.41) is 13.7. The highest BCUT2D eigenvalue weighted by Crippen LogP contribution is 2.20. The molecular formula is C6H15NO3S. The molecule has 0 heterocycles. The zero-order valence-corrected chi connectivity index (χ0v) is 7.69. The quantitative estimate of drug-likeness (QED) is 0.624. The predicted molar refractivity (Wildman–Crippen MR) is 43.5 cm³/mol. The fourth-order valence-electron chi connectivity index (χ4n) is 0.745. The summed E-state index contributed by atoms with van der Waals surface area (Å²) in [6, 6.07) is 0. The fourth-order valence-corrected chi connectivity index (χ4v) is 2.01. The molecule has 0 aliphatic carbocycles. The Morgan fingerprint density at radius 2 is 2.00 bits per heavy atom. The van der Waals surface area contributed by atoms with Gasteiger partial charge in [-0.05, 0) is 6.42 Å². The van der Waals surface area contributed by atoms with Crippen LogP contribution in [0.4, 0.5) is 0 Å². The maximum atomic E-state index is 10.6. The molecule has 0 amide bonds. The van der Waals surface area contributed by atoms with Gasteiger partial charge < -0.3 is 5.11 Å². The highest BCUT2D eigenvalue weighted by Gasteiger charge is 2.26. The number of nitrogens with two attached hydrogens (primary N) is 1. The Hall–Kier alpha value is -0.130. The van der Waals surface area contributed by atoms with Crippen molar-refractivity contribution in [2.24, 2.45) is 10.6 Å². The minimum Gasteiger partial charge on any atom is -0.396 e. The van der Waals surface area contributed by atoms with Crippen LogP contribution in [0.5, 0.6) is 0 Å². The van der Waals surface area contributed by atoms with Crippen molar-refractivity contribution in [3.63, 3.8) is 0 Å². The standard InChI is InChI=1S/C6H15NO3S/c1-3-6(2,4-8)5-11(7,9)10/h8H,3-5H2,1-2H3,(H2,7,9,10). The Labute approximate surface area is 67.5 Å². The van der Waals surface area contributed by atoms with E-state index in [0.717, 1.165) is 0 Å². The smallest absolute Gasteiger partial charge is 0.209 e. The van der Waals surface area contributed by atoms with E-state index in [0.29, 0.717) is 6.42 Å². The number of rotatable bonds is 4. The molecule has 4 nitrogen and oxygen atoms in total. The zero-order valence-electron chi connectivity index (χ0n) is 6.87. The van der Waals surface area contributed by atoms with Gasteiger partial charge in [0.25, 0.3) is 0 Å². The Kier molecular flexibility index (Phi) is 3.47. The third-order valence-electron chi connectivity index (χ3n) is 1.78. The molecule has 0 saturated heterocycles. The number of aliphatic hydroxyl groups excluding tert-OH is 1. The van der Waals surface area contributed by atoms with Crippen LogP contribution in [0.15, 0.2) is 0 Å². The van der Waals surface area contributed by atoms with Crippen LogP contribution >= 0.6 is 0 Å². The number of hydrogen-bond donors (Lipinski definition) is 2. The summed E-state index contributed by atoms with van der Waals surface area (Å²) in [5.74, 6) is -0.160. The molecule has 0 aromatic rings. The average molecular weight is 181 g/mol. The predicted octanol–water partition coefficient (Wildman–Crippen LogP) is -0.316. The molecular weight excluding hydrogens is 166 g/mol. The summed E-state index contributed by atoms with van der Waals surface area (Å²) in [5.41, 5.74) is -0.590. The molecule has 1 atom stereocenters. The Bertz CT molecular complexity index is 206. The van der Waals surface area contributed by atoms with E-state index in [-0.39, 0.29) is 12.4 Å². The Morgan fingerprint density at radius 3 is 2.09 bits per heavy atom. The van der Waals surface area contributed by atoms with Gasteiger partial charge in [-0.2, -0.15) is 0 Å². The second-order valence-electron chi connectivity index (χ2n) is 3.13. The topological polar surface area (TPSA) is 80.4 Å². The Morgan fingerprint density at radius 1 is 1.55 bits per heavy atom. The van der Waals surface area contributed by atoms with Crippen LogP contribution in [0.2, 0.25) is 0 Å². The molecule has 0 aromatic carbocycles. The van der Waals surface area contributed by atoms with Crippen LogP contribution in [-0.4, -0.2) is 25.9 Å². The van der Waals surface area contributed by atoms with Gasteiger partial charge in [-0.15, -0.1) is 0 Å². The van der Waals surface area contributed by atoms with E-state index >= 15 is 0 Å². The van der Waals surface area contributed by atoms with Crippen LogP contribution in [0, 0.1) is 5.41 Å². The Balaban J connectivity index is 4.32. The van der Waals surface area contributed by atoms with E-state index in [1.807, 2.05) is 6.92 Å². The summed E-state index contributed by atoms with van der Waals surface area (Å²) in [4.78, 5) is 0. The second kappa shape index (κ2) is 3.51. The van der Waals surface area contributed by atoms with E-state index in [4.69, 9.17) is 10.2 Å². The second-order valence-corrected chi connectivity index (χ2v) is 4.74. The first-order valence-corrected chi connectivity index (χ1v) is 5.16. The van der Waals surface area contributed by atoms with E-state index < -0.39 is 15.4 Å². The number of sulfonamides is 1. The average Bonchev–Trinajstić information content (AvgIpc) is 1.84. The summed E-state index contributed by atoms with van der Waals surface area (Å²) in [6.45, 7) is 3.36. The van der Waals surface area contributed by atoms with Crippen molar-refractivity contribution in [1.29, 1.82) is 0 Å². The van der Waals surface area contributed by atoms with Gasteiger partial charge in [0.15, 0.2) is 0 Å². The lowest BCUT2D eigenvalue weighted by molar-refractivity contribution is 0.158. The summed E-state index contributed by atoms with van der Waals surface area (Å²) >= 11 is 0. The van der Waals surface area contributed by atoms with Gasteiger partial charge >= 0.3 is 0 Å². The maximum absolute atomic E-state index is 10.6. The maximum Gasteiger partial charge on any atom is 0.209 e. The van der Waals surface area contributed by atoms with Gasteiger partial charge in [-0.25, -0.2) is 13.6 Å². The van der Waals surface area contributed by atoms with Crippen molar-refractivity contribution in [2.45, 2.75) is 20.3 Å². The molecule has 0 fully saturated rings. The van der Waals surface area contributed by atoms with Crippen molar-refractivity contribution in [2.75, 3.05) is 12.4 Å². The lowest BCUT2D eigenvalue weighted by Gasteiger charge is -2.23. The summed E-state index contributed by atoms with van der Waals surface area (Å²) in [6.07, 6.45) is 0.597. The van der Waals surface area contributed by atoms with Gasteiger partial charge in [0.05, 0.1) is 5.75 Å². The number of primary sulfonamides is 1. The molecule has 0 aliphatic rings. The molecule has 0 bridgehead atoms. The molecule has 0 saturated carbocycles. The lowest BCUT2D eigenvalue weighted by atomic mass is 9.91. The monoisotopic (exact) mass is 181 g/mol. The van der Waals surface area contributed by atoms with E-state index in [1.54, 1.807) is 6.92 Å². The molecule has 0 spiro atoms. The van der Waals surface area contributed by atoms with Crippen LogP contribution in [0.3, 0.4) is 0 Å². The van der Waals surface area contributed by atoms with Gasteiger partial charge in [0.1, 0.15) is 0 Å². The zero-order chi connectivity index (χ0) is 9.12. The van der Waals surface area contributed by atoms with Gasteiger partial charge in [-0.3, -0.25) is 0 Å². The van der Waals surface area contributed by atoms with Crippen LogP contribution in [-0.2, 0) is 10.0 Å². The van der Waals surface area contributed by atoms with Crippen LogP contribution in [0.1, 0.15) is 20.3 Å². The summed E-state index contributed by atoms with van der Waals surface area (Å²) in [7, 11) is -3.47. The highest BCUT2D eigenvalue weighted by molar-refractivity contribution is 7.89. The summed E-state index contributed by atoms with van der Waals surface area (Å²) < 4.78 is 21.3. The molecule has 68 valence electrons. The molecule has 5 heteroatoms. The van der Waals surface area contributed by atoms with Crippen molar-refractivity contribution in [1.82, 2.24) is 0 Å². The SMILES string of the molecule is CCC(C)(CO)CS(N)(=O)=O. The van der Waals surface area contributed by atoms with Crippen molar-refractivity contribution < 1.29 is 13.5 Å². The van der Waals surface area contributed by atoms with Gasteiger partial charge in [0.2, 0.25) is 10.0 Å². The lowest BCUT2D eigenvalue weighted by Crippen LogP contribution is -2.33. The van der Waals surface area contributed by atoms with Gasteiger partial charge in [0, 0.05) is 12.0 Å². The normalized spacial score (nSPS) is 17.8. The number of hydrogen-bond acceptors (Lipinski definition) is 3. The van der Waals surface area contributed by atoms with E-state index in [9.17, 15) is 8.42 Å². The first-order chi connectivity index (χ1) is 4.83. The molecule has 0 radical (unpaired) electrons. The third-order valence-corrected chi connectivity index (χ3v) is 2.88.